The van der Waals surface area contributed by atoms with Gasteiger partial charge in [-0.3, -0.25) is 9.69 Å². The average Bonchev–Trinajstić information content (AvgIpc) is 3.04. The molecule has 0 atom stereocenters. The molecule has 5 rings (SSSR count). The zero-order valence-electron chi connectivity index (χ0n) is 15.5. The van der Waals surface area contributed by atoms with E-state index < -0.39 is 0 Å². The second kappa shape index (κ2) is 6.65. The van der Waals surface area contributed by atoms with Crippen molar-refractivity contribution < 1.29 is 0 Å². The fourth-order valence-electron chi connectivity index (χ4n) is 3.74. The number of hydrogen-bond donors (Lipinski definition) is 1. The van der Waals surface area contributed by atoms with Crippen molar-refractivity contribution in [2.24, 2.45) is 0 Å². The molecule has 8 nitrogen and oxygen atoms in total. The maximum Gasteiger partial charge on any atom is 0.255 e. The van der Waals surface area contributed by atoms with E-state index in [1.807, 2.05) is 31.3 Å². The third-order valence-electron chi connectivity index (χ3n) is 5.18. The van der Waals surface area contributed by atoms with Crippen molar-refractivity contribution in [3.8, 4) is 11.4 Å². The van der Waals surface area contributed by atoms with Crippen molar-refractivity contribution in [3.05, 3.63) is 76.1 Å². The maximum atomic E-state index is 12.7. The Bertz CT molecular complexity index is 1210. The van der Waals surface area contributed by atoms with Crippen LogP contribution in [0.1, 0.15) is 22.6 Å². The van der Waals surface area contributed by atoms with Crippen LogP contribution in [0.3, 0.4) is 0 Å². The molecule has 1 aliphatic rings. The number of hydrogen-bond acceptors (Lipinski definition) is 6. The highest BCUT2D eigenvalue weighted by Crippen LogP contribution is 2.21. The highest BCUT2D eigenvalue weighted by atomic mass is 16.1. The number of H-pyrrole nitrogens is 1. The van der Waals surface area contributed by atoms with Gasteiger partial charge in [-0.2, -0.15) is 0 Å². The molecular weight excluding hydrogens is 354 g/mol. The van der Waals surface area contributed by atoms with Crippen LogP contribution in [0.5, 0.6) is 0 Å². The molecule has 0 fully saturated rings. The highest BCUT2D eigenvalue weighted by Gasteiger charge is 2.23. The Morgan fingerprint density at radius 2 is 2.04 bits per heavy atom. The van der Waals surface area contributed by atoms with Crippen LogP contribution in [-0.4, -0.2) is 40.8 Å². The first kappa shape index (κ1) is 16.8. The number of nitrogens with zero attached hydrogens (tertiary/aromatic N) is 6. The Balaban J connectivity index is 1.44. The summed E-state index contributed by atoms with van der Waals surface area (Å²) in [6.07, 6.45) is 7.53. The lowest BCUT2D eigenvalue weighted by Crippen LogP contribution is -2.35. The van der Waals surface area contributed by atoms with E-state index in [1.165, 1.54) is 6.33 Å². The summed E-state index contributed by atoms with van der Waals surface area (Å²) >= 11 is 0. The van der Waals surface area contributed by atoms with E-state index in [0.717, 1.165) is 47.8 Å². The summed E-state index contributed by atoms with van der Waals surface area (Å²) in [6.45, 7) is 4.18. The molecule has 8 heteroatoms. The number of rotatable bonds is 3. The number of aryl methyl sites for hydroxylation is 1. The van der Waals surface area contributed by atoms with Gasteiger partial charge >= 0.3 is 0 Å². The fraction of sp³-hybridized carbons (Fsp3) is 0.250. The van der Waals surface area contributed by atoms with Crippen LogP contribution in [0.25, 0.3) is 17.0 Å². The number of aromatic nitrogens is 6. The van der Waals surface area contributed by atoms with E-state index >= 15 is 0 Å². The van der Waals surface area contributed by atoms with Crippen molar-refractivity contribution in [1.29, 1.82) is 0 Å². The van der Waals surface area contributed by atoms with Gasteiger partial charge in [0.2, 0.25) is 0 Å². The first-order valence-electron chi connectivity index (χ1n) is 9.21. The molecule has 0 radical (unpaired) electrons. The molecule has 0 amide bonds. The predicted octanol–water partition coefficient (Wildman–Crippen LogP) is 1.74. The zero-order chi connectivity index (χ0) is 19.1. The smallest absolute Gasteiger partial charge is 0.255 e. The molecule has 1 aliphatic heterocycles. The number of imidazole rings is 1. The van der Waals surface area contributed by atoms with Crippen LogP contribution < -0.4 is 5.56 Å². The van der Waals surface area contributed by atoms with E-state index in [4.69, 9.17) is 0 Å². The topological polar surface area (TPSA) is 92.1 Å². The van der Waals surface area contributed by atoms with Crippen LogP contribution in [-0.2, 0) is 19.5 Å². The normalized spacial score (nSPS) is 14.3. The predicted molar refractivity (Wildman–Crippen MR) is 104 cm³/mol. The summed E-state index contributed by atoms with van der Waals surface area (Å²) < 4.78 is 2.12. The molecule has 0 spiro atoms. The van der Waals surface area contributed by atoms with Gasteiger partial charge < -0.3 is 9.38 Å². The third-order valence-corrected chi connectivity index (χ3v) is 5.18. The molecule has 1 N–H and O–H groups in total. The van der Waals surface area contributed by atoms with Crippen LogP contribution in [0.4, 0.5) is 0 Å². The number of fused-ring (bicyclic) bond motifs is 2. The van der Waals surface area contributed by atoms with Gasteiger partial charge in [0, 0.05) is 44.6 Å². The fourth-order valence-corrected chi connectivity index (χ4v) is 3.74. The molecule has 0 aromatic carbocycles. The molecule has 0 saturated heterocycles. The maximum absolute atomic E-state index is 12.7. The van der Waals surface area contributed by atoms with E-state index in [2.05, 4.69) is 34.2 Å². The van der Waals surface area contributed by atoms with Crippen LogP contribution >= 0.6 is 0 Å². The summed E-state index contributed by atoms with van der Waals surface area (Å²) in [5, 5.41) is 0. The minimum atomic E-state index is -0.0941. The molecule has 4 aromatic heterocycles. The Morgan fingerprint density at radius 1 is 1.18 bits per heavy atom. The molecule has 140 valence electrons. The lowest BCUT2D eigenvalue weighted by Gasteiger charge is -2.27. The summed E-state index contributed by atoms with van der Waals surface area (Å²) in [7, 11) is 0. The standard InChI is InChI=1S/C20H19N7O/c1-13-17(27-6-3-2-4-18(27)23-13)11-26-7-5-16-15(10-26)20(28)25-19(24-16)14-8-21-12-22-9-14/h2-4,6,8-9,12H,5,7,10-11H2,1H3,(H,24,25,28). The lowest BCUT2D eigenvalue weighted by molar-refractivity contribution is 0.238. The molecule has 0 bridgehead atoms. The summed E-state index contributed by atoms with van der Waals surface area (Å²) in [4.78, 5) is 35.2. The van der Waals surface area contributed by atoms with Crippen LogP contribution in [0.15, 0.2) is 47.9 Å². The molecule has 28 heavy (non-hydrogen) atoms. The van der Waals surface area contributed by atoms with E-state index in [1.54, 1.807) is 12.4 Å². The second-order valence-corrected chi connectivity index (χ2v) is 7.00. The lowest BCUT2D eigenvalue weighted by atomic mass is 10.1. The first-order valence-corrected chi connectivity index (χ1v) is 9.21. The zero-order valence-corrected chi connectivity index (χ0v) is 15.5. The Hall–Kier alpha value is -3.39. The molecule has 5 heterocycles. The SMILES string of the molecule is Cc1nc2ccccn2c1CN1CCc2nc(-c3cncnc3)[nH]c(=O)c2C1. The summed E-state index contributed by atoms with van der Waals surface area (Å²) in [5.41, 5.74) is 5.33. The Labute approximate surface area is 161 Å². The monoisotopic (exact) mass is 373 g/mol. The first-order chi connectivity index (χ1) is 13.7. The minimum absolute atomic E-state index is 0.0941. The van der Waals surface area contributed by atoms with Crippen molar-refractivity contribution in [2.45, 2.75) is 26.4 Å². The van der Waals surface area contributed by atoms with E-state index in [9.17, 15) is 4.79 Å². The van der Waals surface area contributed by atoms with Gasteiger partial charge in [0.1, 0.15) is 17.8 Å². The van der Waals surface area contributed by atoms with Gasteiger partial charge in [-0.05, 0) is 19.1 Å². The number of nitrogens with one attached hydrogen (secondary N) is 1. The quantitative estimate of drug-likeness (QED) is 0.588. The van der Waals surface area contributed by atoms with Crippen molar-refractivity contribution >= 4 is 5.65 Å². The summed E-state index contributed by atoms with van der Waals surface area (Å²) in [5.74, 6) is 0.524. The molecule has 0 unspecified atom stereocenters. The largest absolute Gasteiger partial charge is 0.306 e. The molecule has 0 saturated carbocycles. The van der Waals surface area contributed by atoms with E-state index in [-0.39, 0.29) is 5.56 Å². The van der Waals surface area contributed by atoms with Crippen LogP contribution in [0.2, 0.25) is 0 Å². The van der Waals surface area contributed by atoms with Gasteiger partial charge in [-0.15, -0.1) is 0 Å². The highest BCUT2D eigenvalue weighted by molar-refractivity contribution is 5.52. The van der Waals surface area contributed by atoms with Gasteiger partial charge in [-0.1, -0.05) is 6.07 Å². The molecule has 4 aromatic rings. The summed E-state index contributed by atoms with van der Waals surface area (Å²) in [6, 6.07) is 6.00. The van der Waals surface area contributed by atoms with Gasteiger partial charge in [0.15, 0.2) is 0 Å². The second-order valence-electron chi connectivity index (χ2n) is 7.00. The van der Waals surface area contributed by atoms with Crippen molar-refractivity contribution in [2.75, 3.05) is 6.54 Å². The van der Waals surface area contributed by atoms with Crippen molar-refractivity contribution in [3.63, 3.8) is 0 Å². The Morgan fingerprint density at radius 3 is 2.89 bits per heavy atom. The molecule has 0 aliphatic carbocycles. The Kier molecular flexibility index (Phi) is 3.98. The van der Waals surface area contributed by atoms with Crippen LogP contribution in [0, 0.1) is 6.92 Å². The number of pyridine rings is 1. The molecular formula is C20H19N7O. The third kappa shape index (κ3) is 2.87. The van der Waals surface area contributed by atoms with Gasteiger partial charge in [-0.25, -0.2) is 19.9 Å². The van der Waals surface area contributed by atoms with Crippen molar-refractivity contribution in [1.82, 2.24) is 34.2 Å². The number of aromatic amines is 1. The van der Waals surface area contributed by atoms with Gasteiger partial charge in [0.05, 0.1) is 28.2 Å². The average molecular weight is 373 g/mol. The van der Waals surface area contributed by atoms with Gasteiger partial charge in [0.25, 0.3) is 5.56 Å². The van der Waals surface area contributed by atoms with E-state index in [0.29, 0.717) is 17.9 Å². The minimum Gasteiger partial charge on any atom is -0.306 e.